The van der Waals surface area contributed by atoms with E-state index in [4.69, 9.17) is 5.73 Å². The molecular weight excluding hydrogens is 292 g/mol. The Hall–Kier alpha value is -0.720. The Balaban J connectivity index is 2.65. The molecular formula is C10H13BrN2O2S. The van der Waals surface area contributed by atoms with Crippen LogP contribution in [0.3, 0.4) is 0 Å². The van der Waals surface area contributed by atoms with E-state index in [1.165, 1.54) is 23.2 Å². The molecule has 1 heterocycles. The lowest BCUT2D eigenvalue weighted by molar-refractivity contribution is -0.142. The topological polar surface area (TPSA) is 63.4 Å². The molecule has 0 aliphatic carbocycles. The first kappa shape index (κ1) is 13.3. The van der Waals surface area contributed by atoms with Crippen LogP contribution in [0.25, 0.3) is 0 Å². The van der Waals surface area contributed by atoms with Crippen molar-refractivity contribution in [1.82, 2.24) is 4.90 Å². The Labute approximate surface area is 107 Å². The molecule has 0 bridgehead atoms. The minimum Gasteiger partial charge on any atom is -0.329 e. The predicted molar refractivity (Wildman–Crippen MR) is 67.2 cm³/mol. The molecule has 2 N–H and O–H groups in total. The van der Waals surface area contributed by atoms with E-state index in [2.05, 4.69) is 15.9 Å². The zero-order valence-corrected chi connectivity index (χ0v) is 11.3. The number of amides is 2. The van der Waals surface area contributed by atoms with Gasteiger partial charge in [0.15, 0.2) is 0 Å². The van der Waals surface area contributed by atoms with Gasteiger partial charge in [-0.2, -0.15) is 0 Å². The summed E-state index contributed by atoms with van der Waals surface area (Å²) in [4.78, 5) is 25.1. The second-order valence-electron chi connectivity index (χ2n) is 3.24. The highest BCUT2D eigenvalue weighted by Crippen LogP contribution is 2.22. The van der Waals surface area contributed by atoms with Gasteiger partial charge in [0.05, 0.1) is 10.2 Å². The van der Waals surface area contributed by atoms with E-state index in [0.29, 0.717) is 6.54 Å². The summed E-state index contributed by atoms with van der Waals surface area (Å²) in [6.07, 6.45) is 0.246. The lowest BCUT2D eigenvalue weighted by Gasteiger charge is -2.17. The molecule has 0 unspecified atom stereocenters. The number of halogens is 1. The summed E-state index contributed by atoms with van der Waals surface area (Å²) in [7, 11) is 0. The minimum absolute atomic E-state index is 0.202. The van der Waals surface area contributed by atoms with Gasteiger partial charge in [0, 0.05) is 24.9 Å². The van der Waals surface area contributed by atoms with Crippen LogP contribution in [-0.4, -0.2) is 29.8 Å². The Morgan fingerprint density at radius 3 is 2.62 bits per heavy atom. The maximum absolute atomic E-state index is 11.8. The van der Waals surface area contributed by atoms with Crippen LogP contribution in [0.4, 0.5) is 0 Å². The summed E-state index contributed by atoms with van der Waals surface area (Å²) >= 11 is 4.82. The molecule has 1 rings (SSSR count). The van der Waals surface area contributed by atoms with Gasteiger partial charge in [0.2, 0.25) is 11.8 Å². The first-order valence-corrected chi connectivity index (χ1v) is 6.40. The molecule has 0 aromatic carbocycles. The summed E-state index contributed by atoms with van der Waals surface area (Å²) in [5, 5.41) is 0. The van der Waals surface area contributed by atoms with Crippen molar-refractivity contribution in [1.29, 1.82) is 0 Å². The zero-order valence-electron chi connectivity index (χ0n) is 8.90. The van der Waals surface area contributed by atoms with Gasteiger partial charge in [-0.05, 0) is 28.1 Å². The van der Waals surface area contributed by atoms with Gasteiger partial charge in [0.25, 0.3) is 0 Å². The smallest absolute Gasteiger partial charge is 0.234 e. The monoisotopic (exact) mass is 304 g/mol. The summed E-state index contributed by atoms with van der Waals surface area (Å²) in [6.45, 7) is 1.94. The summed E-state index contributed by atoms with van der Waals surface area (Å²) < 4.78 is 0.975. The number of thiophene rings is 1. The molecule has 0 saturated heterocycles. The third kappa shape index (κ3) is 3.70. The molecule has 0 fully saturated rings. The standard InChI is InChI=1S/C10H13BrN2O2S/c1-7(14)13(5-4-12)10(15)6-8-2-3-9(11)16-8/h2-3H,4-6,12H2,1H3. The molecule has 1 aromatic heterocycles. The van der Waals surface area contributed by atoms with Crippen LogP contribution in [0.1, 0.15) is 11.8 Å². The van der Waals surface area contributed by atoms with Gasteiger partial charge < -0.3 is 5.73 Å². The molecule has 6 heteroatoms. The average molecular weight is 305 g/mol. The fraction of sp³-hybridized carbons (Fsp3) is 0.400. The first-order valence-electron chi connectivity index (χ1n) is 4.79. The van der Waals surface area contributed by atoms with Crippen molar-refractivity contribution in [3.8, 4) is 0 Å². The van der Waals surface area contributed by atoms with E-state index < -0.39 is 0 Å². The van der Waals surface area contributed by atoms with Gasteiger partial charge in [-0.3, -0.25) is 14.5 Å². The number of hydrogen-bond acceptors (Lipinski definition) is 4. The van der Waals surface area contributed by atoms with E-state index in [0.717, 1.165) is 8.66 Å². The van der Waals surface area contributed by atoms with E-state index in [1.807, 2.05) is 12.1 Å². The molecule has 1 aromatic rings. The average Bonchev–Trinajstić information content (AvgIpc) is 2.59. The second kappa shape index (κ2) is 6.12. The first-order chi connectivity index (χ1) is 7.54. The number of nitrogens with zero attached hydrogens (tertiary/aromatic N) is 1. The molecule has 16 heavy (non-hydrogen) atoms. The van der Waals surface area contributed by atoms with Crippen LogP contribution in [0.5, 0.6) is 0 Å². The summed E-state index contributed by atoms with van der Waals surface area (Å²) in [5.41, 5.74) is 5.35. The number of carbonyl (C=O) groups is 2. The van der Waals surface area contributed by atoms with Crippen LogP contribution in [0.15, 0.2) is 15.9 Å². The molecule has 0 spiro atoms. The van der Waals surface area contributed by atoms with Gasteiger partial charge in [-0.25, -0.2) is 0 Å². The molecule has 0 saturated carbocycles. The van der Waals surface area contributed by atoms with Gasteiger partial charge in [-0.15, -0.1) is 11.3 Å². The lowest BCUT2D eigenvalue weighted by atomic mass is 10.3. The third-order valence-electron chi connectivity index (χ3n) is 1.99. The lowest BCUT2D eigenvalue weighted by Crippen LogP contribution is -2.39. The summed E-state index contributed by atoms with van der Waals surface area (Å²) in [5.74, 6) is -0.460. The number of hydrogen-bond donors (Lipinski definition) is 1. The Morgan fingerprint density at radius 2 is 2.19 bits per heavy atom. The highest BCUT2D eigenvalue weighted by atomic mass is 79.9. The molecule has 0 radical (unpaired) electrons. The molecule has 4 nitrogen and oxygen atoms in total. The van der Waals surface area contributed by atoms with Crippen molar-refractivity contribution >= 4 is 39.1 Å². The number of rotatable bonds is 4. The normalized spacial score (nSPS) is 10.2. The minimum atomic E-state index is -0.258. The van der Waals surface area contributed by atoms with E-state index in [9.17, 15) is 9.59 Å². The zero-order chi connectivity index (χ0) is 12.1. The third-order valence-corrected chi connectivity index (χ3v) is 3.61. The SMILES string of the molecule is CC(=O)N(CCN)C(=O)Cc1ccc(Br)s1. The molecule has 0 aliphatic heterocycles. The van der Waals surface area contributed by atoms with E-state index in [1.54, 1.807) is 0 Å². The Bertz CT molecular complexity index is 392. The maximum Gasteiger partial charge on any atom is 0.234 e. The van der Waals surface area contributed by atoms with Crippen molar-refractivity contribution in [2.45, 2.75) is 13.3 Å². The van der Waals surface area contributed by atoms with Crippen molar-refractivity contribution in [2.24, 2.45) is 5.73 Å². The van der Waals surface area contributed by atoms with Gasteiger partial charge in [0.1, 0.15) is 0 Å². The Morgan fingerprint density at radius 1 is 1.50 bits per heavy atom. The largest absolute Gasteiger partial charge is 0.329 e. The molecule has 0 atom stereocenters. The molecule has 88 valence electrons. The highest BCUT2D eigenvalue weighted by molar-refractivity contribution is 9.11. The fourth-order valence-electron chi connectivity index (χ4n) is 1.28. The van der Waals surface area contributed by atoms with Crippen molar-refractivity contribution < 1.29 is 9.59 Å². The highest BCUT2D eigenvalue weighted by Gasteiger charge is 2.17. The Kier molecular flexibility index (Phi) is 5.11. The van der Waals surface area contributed by atoms with Crippen LogP contribution in [-0.2, 0) is 16.0 Å². The maximum atomic E-state index is 11.8. The molecule has 2 amide bonds. The van der Waals surface area contributed by atoms with Crippen molar-refractivity contribution in [3.63, 3.8) is 0 Å². The van der Waals surface area contributed by atoms with Gasteiger partial charge >= 0.3 is 0 Å². The summed E-state index contributed by atoms with van der Waals surface area (Å²) in [6, 6.07) is 3.75. The van der Waals surface area contributed by atoms with Crippen LogP contribution < -0.4 is 5.73 Å². The van der Waals surface area contributed by atoms with Crippen molar-refractivity contribution in [3.05, 3.63) is 20.8 Å². The molecule has 0 aliphatic rings. The van der Waals surface area contributed by atoms with E-state index in [-0.39, 0.29) is 24.8 Å². The number of nitrogens with two attached hydrogens (primary N) is 1. The quantitative estimate of drug-likeness (QED) is 0.914. The van der Waals surface area contributed by atoms with E-state index >= 15 is 0 Å². The van der Waals surface area contributed by atoms with Crippen LogP contribution >= 0.6 is 27.3 Å². The number of imide groups is 1. The van der Waals surface area contributed by atoms with Crippen molar-refractivity contribution in [2.75, 3.05) is 13.1 Å². The second-order valence-corrected chi connectivity index (χ2v) is 5.78. The number of carbonyl (C=O) groups excluding carboxylic acids is 2. The fourth-order valence-corrected chi connectivity index (χ4v) is 2.75. The van der Waals surface area contributed by atoms with Crippen LogP contribution in [0.2, 0.25) is 0 Å². The van der Waals surface area contributed by atoms with Gasteiger partial charge in [-0.1, -0.05) is 0 Å². The predicted octanol–water partition coefficient (Wildman–Crippen LogP) is 1.39. The van der Waals surface area contributed by atoms with Crippen LogP contribution in [0, 0.1) is 0 Å².